The van der Waals surface area contributed by atoms with E-state index >= 15 is 0 Å². The first kappa shape index (κ1) is 24.6. The highest BCUT2D eigenvalue weighted by molar-refractivity contribution is 7.92. The third-order valence-corrected chi connectivity index (χ3v) is 8.52. The number of nitrogens with zero attached hydrogens (tertiary/aromatic N) is 2. The van der Waals surface area contributed by atoms with Crippen molar-refractivity contribution in [3.8, 4) is 0 Å². The second-order valence-electron chi connectivity index (χ2n) is 9.32. The van der Waals surface area contributed by atoms with E-state index in [0.29, 0.717) is 32.5 Å². The Kier molecular flexibility index (Phi) is 8.16. The normalized spacial score (nSPS) is 18.9. The lowest BCUT2D eigenvalue weighted by molar-refractivity contribution is -0.140. The van der Waals surface area contributed by atoms with Gasteiger partial charge in [-0.25, -0.2) is 12.8 Å². The molecule has 2 aliphatic rings. The van der Waals surface area contributed by atoms with Crippen molar-refractivity contribution in [2.24, 2.45) is 5.92 Å². The Morgan fingerprint density at radius 3 is 2.24 bits per heavy atom. The van der Waals surface area contributed by atoms with Gasteiger partial charge in [0, 0.05) is 37.0 Å². The maximum absolute atomic E-state index is 13.6. The molecule has 5 nitrogen and oxygen atoms in total. The van der Waals surface area contributed by atoms with E-state index in [0.717, 1.165) is 36.8 Å². The van der Waals surface area contributed by atoms with Crippen LogP contribution in [0.4, 0.5) is 4.39 Å². The molecule has 0 aromatic heterocycles. The molecule has 0 spiro atoms. The van der Waals surface area contributed by atoms with Crippen molar-refractivity contribution in [1.82, 2.24) is 9.21 Å². The molecule has 0 N–H and O–H groups in total. The average molecular weight is 485 g/mol. The van der Waals surface area contributed by atoms with Crippen molar-refractivity contribution < 1.29 is 17.6 Å². The molecule has 1 aliphatic carbocycles. The van der Waals surface area contributed by atoms with Gasteiger partial charge in [-0.15, -0.1) is 0 Å². The molecule has 1 saturated heterocycles. The van der Waals surface area contributed by atoms with Gasteiger partial charge in [0.15, 0.2) is 0 Å². The van der Waals surface area contributed by atoms with Crippen molar-refractivity contribution in [3.63, 3.8) is 0 Å². The van der Waals surface area contributed by atoms with Crippen LogP contribution >= 0.6 is 0 Å². The van der Waals surface area contributed by atoms with Crippen molar-refractivity contribution in [3.05, 3.63) is 76.9 Å². The summed E-state index contributed by atoms with van der Waals surface area (Å²) >= 11 is 0. The fraction of sp³-hybridized carbons (Fsp3) is 0.444. The fourth-order valence-electron chi connectivity index (χ4n) is 4.97. The van der Waals surface area contributed by atoms with E-state index in [-0.39, 0.29) is 23.7 Å². The number of rotatable bonds is 7. The van der Waals surface area contributed by atoms with Gasteiger partial charge >= 0.3 is 0 Å². The smallest absolute Gasteiger partial charge is 0.236 e. The van der Waals surface area contributed by atoms with E-state index in [4.69, 9.17) is 0 Å². The highest BCUT2D eigenvalue weighted by atomic mass is 32.2. The molecule has 4 rings (SSSR count). The number of benzene rings is 2. The van der Waals surface area contributed by atoms with Crippen LogP contribution in [0.15, 0.2) is 60.0 Å². The first-order chi connectivity index (χ1) is 16.4. The topological polar surface area (TPSA) is 57.7 Å². The van der Waals surface area contributed by atoms with E-state index in [1.54, 1.807) is 18.2 Å². The first-order valence-electron chi connectivity index (χ1n) is 12.2. The van der Waals surface area contributed by atoms with Crippen molar-refractivity contribution >= 4 is 22.0 Å². The number of hydrogen-bond donors (Lipinski definition) is 0. The highest BCUT2D eigenvalue weighted by Crippen LogP contribution is 2.29. The predicted molar refractivity (Wildman–Crippen MR) is 133 cm³/mol. The maximum Gasteiger partial charge on any atom is 0.236 e. The van der Waals surface area contributed by atoms with E-state index in [1.807, 2.05) is 35.2 Å². The molecule has 0 unspecified atom stereocenters. The molecular formula is C27H33FN2O3S. The monoisotopic (exact) mass is 484 g/mol. The Balaban J connectivity index is 1.41. The van der Waals surface area contributed by atoms with Crippen LogP contribution in [0.1, 0.15) is 56.1 Å². The molecule has 2 aromatic carbocycles. The number of carbonyl (C=O) groups is 1. The molecule has 0 bridgehead atoms. The van der Waals surface area contributed by atoms with E-state index in [9.17, 15) is 17.6 Å². The van der Waals surface area contributed by atoms with Gasteiger partial charge in [0.25, 0.3) is 0 Å². The summed E-state index contributed by atoms with van der Waals surface area (Å²) in [7, 11) is -3.53. The minimum Gasteiger partial charge on any atom is -0.335 e. The number of piperidine rings is 1. The largest absolute Gasteiger partial charge is 0.335 e. The minimum absolute atomic E-state index is 0.105. The van der Waals surface area contributed by atoms with E-state index in [1.165, 1.54) is 28.3 Å². The zero-order chi connectivity index (χ0) is 24.0. The summed E-state index contributed by atoms with van der Waals surface area (Å²) in [6.45, 7) is 1.15. The molecular weight excluding hydrogens is 451 g/mol. The standard InChI is InChI=1S/C27H33FN2O3S/c28-25-13-11-23(12-14-25)21-30(26-9-5-2-6-10-26)27(31)24-15-18-29(19-16-24)34(32,33)20-17-22-7-3-1-4-8-22/h1,3-4,7-8,11-14,17,20,24,26H,2,5-6,9-10,15-16,18-19,21H2/b20-17+. The molecule has 2 fully saturated rings. The lowest BCUT2D eigenvalue weighted by Gasteiger charge is -2.38. The molecule has 7 heteroatoms. The van der Waals surface area contributed by atoms with Crippen LogP contribution in [-0.4, -0.2) is 42.7 Å². The second kappa shape index (κ2) is 11.3. The molecule has 1 aliphatic heterocycles. The molecule has 34 heavy (non-hydrogen) atoms. The summed E-state index contributed by atoms with van der Waals surface area (Å²) < 4.78 is 40.4. The third kappa shape index (κ3) is 6.33. The van der Waals surface area contributed by atoms with Crippen LogP contribution in [0.25, 0.3) is 6.08 Å². The van der Waals surface area contributed by atoms with Crippen molar-refractivity contribution in [2.45, 2.75) is 57.5 Å². The molecule has 1 amide bonds. The molecule has 0 atom stereocenters. The van der Waals surface area contributed by atoms with E-state index < -0.39 is 10.0 Å². The zero-order valence-electron chi connectivity index (χ0n) is 19.5. The van der Waals surface area contributed by atoms with Crippen LogP contribution in [0.5, 0.6) is 0 Å². The lowest BCUT2D eigenvalue weighted by Crippen LogP contribution is -2.47. The van der Waals surface area contributed by atoms with Gasteiger partial charge in [-0.1, -0.05) is 61.7 Å². The third-order valence-electron chi connectivity index (χ3n) is 6.96. The van der Waals surface area contributed by atoms with Gasteiger partial charge in [-0.3, -0.25) is 4.79 Å². The highest BCUT2D eigenvalue weighted by Gasteiger charge is 2.35. The SMILES string of the molecule is O=C(C1CCN(S(=O)(=O)/C=C/c2ccccc2)CC1)N(Cc1ccc(F)cc1)C1CCCCC1. The van der Waals surface area contributed by atoms with Crippen LogP contribution in [0.2, 0.25) is 0 Å². The number of hydrogen-bond acceptors (Lipinski definition) is 3. The van der Waals surface area contributed by atoms with Crippen LogP contribution < -0.4 is 0 Å². The van der Waals surface area contributed by atoms with Crippen LogP contribution in [0, 0.1) is 11.7 Å². The Morgan fingerprint density at radius 1 is 0.941 bits per heavy atom. The van der Waals surface area contributed by atoms with Crippen LogP contribution in [-0.2, 0) is 21.4 Å². The second-order valence-corrected chi connectivity index (χ2v) is 11.1. The number of halogens is 1. The number of amides is 1. The van der Waals surface area contributed by atoms with Crippen molar-refractivity contribution in [1.29, 1.82) is 0 Å². The van der Waals surface area contributed by atoms with Crippen LogP contribution in [0.3, 0.4) is 0 Å². The fourth-order valence-corrected chi connectivity index (χ4v) is 6.19. The van der Waals surface area contributed by atoms with Gasteiger partial charge in [-0.2, -0.15) is 4.31 Å². The lowest BCUT2D eigenvalue weighted by atomic mass is 9.90. The van der Waals surface area contributed by atoms with Gasteiger partial charge in [-0.05, 0) is 55.0 Å². The van der Waals surface area contributed by atoms with E-state index in [2.05, 4.69) is 0 Å². The van der Waals surface area contributed by atoms with Gasteiger partial charge < -0.3 is 4.90 Å². The summed E-state index contributed by atoms with van der Waals surface area (Å²) in [5.74, 6) is -0.366. The summed E-state index contributed by atoms with van der Waals surface area (Å²) in [5, 5.41) is 1.26. The molecule has 0 radical (unpaired) electrons. The molecule has 2 aromatic rings. The first-order valence-corrected chi connectivity index (χ1v) is 13.7. The van der Waals surface area contributed by atoms with Gasteiger partial charge in [0.1, 0.15) is 5.82 Å². The summed E-state index contributed by atoms with van der Waals surface area (Å²) in [4.78, 5) is 15.6. The quantitative estimate of drug-likeness (QED) is 0.543. The van der Waals surface area contributed by atoms with Crippen molar-refractivity contribution in [2.75, 3.05) is 13.1 Å². The maximum atomic E-state index is 13.6. The Morgan fingerprint density at radius 2 is 1.59 bits per heavy atom. The predicted octanol–water partition coefficient (Wildman–Crippen LogP) is 5.20. The summed E-state index contributed by atoms with van der Waals surface area (Å²) in [6.07, 6.45) is 8.05. The summed E-state index contributed by atoms with van der Waals surface area (Å²) in [6, 6.07) is 15.9. The Hall–Kier alpha value is -2.51. The number of sulfonamides is 1. The Labute approximate surface area is 202 Å². The molecule has 1 heterocycles. The zero-order valence-corrected chi connectivity index (χ0v) is 20.3. The number of carbonyl (C=O) groups excluding carboxylic acids is 1. The Bertz CT molecular complexity index is 1070. The average Bonchev–Trinajstić information content (AvgIpc) is 2.88. The summed E-state index contributed by atoms with van der Waals surface area (Å²) in [5.41, 5.74) is 1.76. The molecule has 1 saturated carbocycles. The molecule has 182 valence electrons. The van der Waals surface area contributed by atoms with Gasteiger partial charge in [0.05, 0.1) is 0 Å². The van der Waals surface area contributed by atoms with Gasteiger partial charge in [0.2, 0.25) is 15.9 Å². The minimum atomic E-state index is -3.53.